The van der Waals surface area contributed by atoms with E-state index in [-0.39, 0.29) is 12.6 Å². The summed E-state index contributed by atoms with van der Waals surface area (Å²) in [6.07, 6.45) is 0. The maximum absolute atomic E-state index is 12.2. The van der Waals surface area contributed by atoms with E-state index in [4.69, 9.17) is 20.9 Å². The van der Waals surface area contributed by atoms with Crippen LogP contribution in [-0.2, 0) is 17.1 Å². The average Bonchev–Trinajstić information content (AvgIpc) is 2.97. The number of thioether (sulfide) groups is 1. The van der Waals surface area contributed by atoms with E-state index < -0.39 is 0 Å². The number of carbonyl (C=O) groups excluding carboxylic acids is 1. The Morgan fingerprint density at radius 3 is 2.42 bits per heavy atom. The quantitative estimate of drug-likeness (QED) is 0.407. The van der Waals surface area contributed by atoms with E-state index in [0.717, 1.165) is 32.5 Å². The molecule has 0 spiro atoms. The molecule has 3 rings (SSSR count). The lowest BCUT2D eigenvalue weighted by atomic mass is 10.1. The molecule has 0 atom stereocenters. The van der Waals surface area contributed by atoms with Gasteiger partial charge >= 0.3 is 5.97 Å². The fourth-order valence-electron chi connectivity index (χ4n) is 2.36. The number of nitrogens with zero attached hydrogens (tertiary/aromatic N) is 1. The van der Waals surface area contributed by atoms with E-state index >= 15 is 0 Å². The molecule has 0 saturated heterocycles. The molecule has 2 aromatic carbocycles. The van der Waals surface area contributed by atoms with Gasteiger partial charge in [0.2, 0.25) is 0 Å². The molecule has 6 heteroatoms. The molecule has 0 amide bonds. The predicted molar refractivity (Wildman–Crippen MR) is 103 cm³/mol. The van der Waals surface area contributed by atoms with Gasteiger partial charge in [-0.3, -0.25) is 0 Å². The Labute approximate surface area is 161 Å². The third-order valence-electron chi connectivity index (χ3n) is 3.94. The molecule has 0 aliphatic carbocycles. The lowest BCUT2D eigenvalue weighted by molar-refractivity contribution is 0.0471. The minimum atomic E-state index is -0.359. The van der Waals surface area contributed by atoms with Crippen molar-refractivity contribution in [1.29, 1.82) is 0 Å². The van der Waals surface area contributed by atoms with Crippen molar-refractivity contribution in [2.75, 3.05) is 0 Å². The molecule has 0 aliphatic heterocycles. The summed E-state index contributed by atoms with van der Waals surface area (Å²) in [5.41, 5.74) is 3.21. The minimum Gasteiger partial charge on any atom is -0.457 e. The Balaban J connectivity index is 1.55. The average molecular weight is 388 g/mol. The van der Waals surface area contributed by atoms with Crippen LogP contribution >= 0.6 is 23.4 Å². The number of ether oxygens (including phenoxy) is 1. The van der Waals surface area contributed by atoms with Crippen LogP contribution in [0.25, 0.3) is 0 Å². The third kappa shape index (κ3) is 4.68. The summed E-state index contributed by atoms with van der Waals surface area (Å²) in [5, 5.41) is 4.58. The molecule has 1 heterocycles. The Bertz CT molecular complexity index is 869. The Morgan fingerprint density at radius 2 is 1.81 bits per heavy atom. The van der Waals surface area contributed by atoms with Crippen LogP contribution in [0.2, 0.25) is 5.02 Å². The van der Waals surface area contributed by atoms with Crippen LogP contribution in [0.4, 0.5) is 0 Å². The normalized spacial score (nSPS) is 10.7. The number of aromatic nitrogens is 1. The van der Waals surface area contributed by atoms with Crippen LogP contribution in [0.5, 0.6) is 0 Å². The maximum Gasteiger partial charge on any atom is 0.338 e. The highest BCUT2D eigenvalue weighted by atomic mass is 35.5. The fourth-order valence-corrected chi connectivity index (χ4v) is 3.34. The summed E-state index contributed by atoms with van der Waals surface area (Å²) < 4.78 is 10.4. The fraction of sp³-hybridized carbons (Fsp3) is 0.200. The van der Waals surface area contributed by atoms with Gasteiger partial charge in [-0.15, -0.1) is 11.8 Å². The first kappa shape index (κ1) is 18.5. The molecule has 3 aromatic rings. The third-order valence-corrected chi connectivity index (χ3v) is 5.27. The Morgan fingerprint density at radius 1 is 1.12 bits per heavy atom. The molecule has 134 valence electrons. The van der Waals surface area contributed by atoms with E-state index in [1.807, 2.05) is 43.3 Å². The van der Waals surface area contributed by atoms with E-state index in [1.54, 1.807) is 30.8 Å². The number of hydrogen-bond donors (Lipinski definition) is 0. The number of halogens is 1. The van der Waals surface area contributed by atoms with Gasteiger partial charge in [0, 0.05) is 15.7 Å². The second-order valence-electron chi connectivity index (χ2n) is 5.82. The smallest absolute Gasteiger partial charge is 0.338 e. The first-order valence-electron chi connectivity index (χ1n) is 8.09. The molecule has 1 aromatic heterocycles. The molecule has 26 heavy (non-hydrogen) atoms. The van der Waals surface area contributed by atoms with Crippen LogP contribution in [-0.4, -0.2) is 11.1 Å². The molecule has 0 N–H and O–H groups in total. The first-order chi connectivity index (χ1) is 12.5. The van der Waals surface area contributed by atoms with E-state index in [9.17, 15) is 4.79 Å². The van der Waals surface area contributed by atoms with Crippen molar-refractivity contribution in [2.24, 2.45) is 0 Å². The van der Waals surface area contributed by atoms with Crippen LogP contribution in [0.1, 0.15) is 32.9 Å². The minimum absolute atomic E-state index is 0.161. The van der Waals surface area contributed by atoms with E-state index in [0.29, 0.717) is 11.3 Å². The molecule has 0 bridgehead atoms. The van der Waals surface area contributed by atoms with Gasteiger partial charge in [0.1, 0.15) is 12.4 Å². The highest BCUT2D eigenvalue weighted by Crippen LogP contribution is 2.24. The second-order valence-corrected chi connectivity index (χ2v) is 7.30. The molecule has 0 fully saturated rings. The standard InChI is InChI=1S/C20H18ClNO3S/c1-13-19(14(2)25-22-13)11-24-20(23)16-5-3-15(4-6-16)12-26-18-9-7-17(21)8-10-18/h3-10H,11-12H2,1-2H3. The number of esters is 1. The Kier molecular flexibility index (Phi) is 6.01. The lowest BCUT2D eigenvalue weighted by Gasteiger charge is -2.06. The molecule has 4 nitrogen and oxygen atoms in total. The Hall–Kier alpha value is -2.24. The summed E-state index contributed by atoms with van der Waals surface area (Å²) in [6, 6.07) is 15.2. The van der Waals surface area contributed by atoms with Crippen molar-refractivity contribution < 1.29 is 14.1 Å². The van der Waals surface area contributed by atoms with Crippen molar-refractivity contribution >= 4 is 29.3 Å². The zero-order valence-corrected chi connectivity index (χ0v) is 16.1. The summed E-state index contributed by atoms with van der Waals surface area (Å²) >= 11 is 7.61. The number of benzene rings is 2. The van der Waals surface area contributed by atoms with Crippen molar-refractivity contribution in [2.45, 2.75) is 31.1 Å². The first-order valence-corrected chi connectivity index (χ1v) is 9.45. The van der Waals surface area contributed by atoms with Gasteiger partial charge in [-0.05, 0) is 55.8 Å². The summed E-state index contributed by atoms with van der Waals surface area (Å²) in [4.78, 5) is 13.3. The number of rotatable bonds is 6. The van der Waals surface area contributed by atoms with Gasteiger partial charge in [-0.1, -0.05) is 28.9 Å². The summed E-state index contributed by atoms with van der Waals surface area (Å²) in [6.45, 7) is 3.79. The number of aryl methyl sites for hydroxylation is 2. The van der Waals surface area contributed by atoms with Crippen LogP contribution in [0, 0.1) is 13.8 Å². The molecular weight excluding hydrogens is 370 g/mol. The van der Waals surface area contributed by atoms with Gasteiger partial charge in [-0.2, -0.15) is 0 Å². The molecular formula is C20H18ClNO3S. The van der Waals surface area contributed by atoms with Crippen LogP contribution in [0.3, 0.4) is 0 Å². The van der Waals surface area contributed by atoms with Crippen LogP contribution in [0.15, 0.2) is 57.9 Å². The monoisotopic (exact) mass is 387 g/mol. The lowest BCUT2D eigenvalue weighted by Crippen LogP contribution is -2.06. The second kappa shape index (κ2) is 8.43. The van der Waals surface area contributed by atoms with Crippen molar-refractivity contribution in [1.82, 2.24) is 5.16 Å². The van der Waals surface area contributed by atoms with Crippen molar-refractivity contribution in [3.63, 3.8) is 0 Å². The molecule has 0 aliphatic rings. The maximum atomic E-state index is 12.2. The van der Waals surface area contributed by atoms with Crippen LogP contribution < -0.4 is 0 Å². The van der Waals surface area contributed by atoms with E-state index in [2.05, 4.69) is 5.16 Å². The van der Waals surface area contributed by atoms with Crippen molar-refractivity contribution in [3.8, 4) is 0 Å². The van der Waals surface area contributed by atoms with Gasteiger partial charge in [0.05, 0.1) is 16.8 Å². The zero-order chi connectivity index (χ0) is 18.5. The van der Waals surface area contributed by atoms with Gasteiger partial charge < -0.3 is 9.26 Å². The van der Waals surface area contributed by atoms with Gasteiger partial charge in [0.15, 0.2) is 0 Å². The topological polar surface area (TPSA) is 52.3 Å². The van der Waals surface area contributed by atoms with E-state index in [1.165, 1.54) is 0 Å². The number of hydrogen-bond acceptors (Lipinski definition) is 5. The highest BCUT2D eigenvalue weighted by Gasteiger charge is 2.13. The molecule has 0 unspecified atom stereocenters. The molecule has 0 radical (unpaired) electrons. The zero-order valence-electron chi connectivity index (χ0n) is 14.5. The highest BCUT2D eigenvalue weighted by molar-refractivity contribution is 7.98. The predicted octanol–water partition coefficient (Wildman–Crippen LogP) is 5.59. The number of carbonyl (C=O) groups is 1. The van der Waals surface area contributed by atoms with Gasteiger partial charge in [-0.25, -0.2) is 4.79 Å². The summed E-state index contributed by atoms with van der Waals surface area (Å²) in [7, 11) is 0. The van der Waals surface area contributed by atoms with Gasteiger partial charge in [0.25, 0.3) is 0 Å². The molecule has 0 saturated carbocycles. The summed E-state index contributed by atoms with van der Waals surface area (Å²) in [5.74, 6) is 1.13. The SMILES string of the molecule is Cc1noc(C)c1COC(=O)c1ccc(CSc2ccc(Cl)cc2)cc1. The largest absolute Gasteiger partial charge is 0.457 e. The van der Waals surface area contributed by atoms with Crippen molar-refractivity contribution in [3.05, 3.63) is 81.7 Å².